The fourth-order valence-electron chi connectivity index (χ4n) is 3.10. The smallest absolute Gasteiger partial charge is 0.256 e. The number of halogens is 1. The summed E-state index contributed by atoms with van der Waals surface area (Å²) in [5.41, 5.74) is 2.87. The van der Waals surface area contributed by atoms with E-state index in [1.54, 1.807) is 11.3 Å². The fourth-order valence-corrected chi connectivity index (χ4v) is 4.50. The van der Waals surface area contributed by atoms with Gasteiger partial charge in [0.25, 0.3) is 5.56 Å². The molecule has 128 valence electrons. The van der Waals surface area contributed by atoms with Gasteiger partial charge in [-0.3, -0.25) is 14.7 Å². The van der Waals surface area contributed by atoms with Crippen LogP contribution in [0.3, 0.4) is 0 Å². The summed E-state index contributed by atoms with van der Waals surface area (Å²) >= 11 is 12.8. The number of nitrogens with zero attached hydrogens (tertiary/aromatic N) is 1. The second-order valence-corrected chi connectivity index (χ2v) is 8.11. The fraction of sp³-hybridized carbons (Fsp3) is 0.222. The molecule has 2 aromatic heterocycles. The molecule has 7 heteroatoms. The van der Waals surface area contributed by atoms with Crippen molar-refractivity contribution in [1.29, 1.82) is 0 Å². The van der Waals surface area contributed by atoms with Crippen molar-refractivity contribution in [3.63, 3.8) is 0 Å². The highest BCUT2D eigenvalue weighted by Crippen LogP contribution is 2.30. The molecule has 0 saturated heterocycles. The first kappa shape index (κ1) is 16.7. The van der Waals surface area contributed by atoms with E-state index in [-0.39, 0.29) is 5.56 Å². The number of aromatic nitrogens is 2. The lowest BCUT2D eigenvalue weighted by molar-refractivity contribution is 0.243. The molecule has 0 bridgehead atoms. The number of rotatable bonds is 3. The van der Waals surface area contributed by atoms with Crippen molar-refractivity contribution in [1.82, 2.24) is 14.9 Å². The van der Waals surface area contributed by atoms with Crippen LogP contribution in [-0.2, 0) is 19.5 Å². The minimum absolute atomic E-state index is 0.0727. The van der Waals surface area contributed by atoms with Gasteiger partial charge in [0.2, 0.25) is 0 Å². The molecule has 1 aromatic carbocycles. The van der Waals surface area contributed by atoms with E-state index in [0.29, 0.717) is 11.3 Å². The van der Waals surface area contributed by atoms with Gasteiger partial charge in [0, 0.05) is 46.5 Å². The Labute approximate surface area is 159 Å². The summed E-state index contributed by atoms with van der Waals surface area (Å²) in [4.78, 5) is 22.7. The van der Waals surface area contributed by atoms with Gasteiger partial charge in [-0.2, -0.15) is 0 Å². The van der Waals surface area contributed by atoms with Gasteiger partial charge < -0.3 is 4.98 Å². The normalized spacial score (nSPS) is 14.4. The van der Waals surface area contributed by atoms with Crippen LogP contribution in [0, 0.1) is 4.77 Å². The van der Waals surface area contributed by atoms with Crippen molar-refractivity contribution >= 4 is 35.2 Å². The first-order valence-corrected chi connectivity index (χ1v) is 9.60. The van der Waals surface area contributed by atoms with Crippen LogP contribution >= 0.6 is 35.2 Å². The molecule has 0 aliphatic carbocycles. The van der Waals surface area contributed by atoms with Crippen LogP contribution in [0.15, 0.2) is 41.2 Å². The molecule has 0 radical (unpaired) electrons. The van der Waals surface area contributed by atoms with Crippen molar-refractivity contribution in [2.45, 2.75) is 19.5 Å². The first-order chi connectivity index (χ1) is 12.1. The van der Waals surface area contributed by atoms with E-state index in [2.05, 4.69) is 27.0 Å². The summed E-state index contributed by atoms with van der Waals surface area (Å²) in [5.74, 6) is 0. The standard InChI is InChI=1S/C18H16ClN3OS2/c19-12-3-1-11(2-4-12)16-6-5-13(25-16)9-22-8-7-15-14(10-22)17(23)21-18(24)20-15/h1-6H,7-10H2,(H2,20,21,23,24). The Balaban J connectivity index is 1.51. The Hall–Kier alpha value is -1.73. The number of nitrogens with one attached hydrogen (secondary N) is 2. The lowest BCUT2D eigenvalue weighted by Crippen LogP contribution is -2.35. The van der Waals surface area contributed by atoms with Gasteiger partial charge in [0.05, 0.1) is 5.56 Å². The predicted molar refractivity (Wildman–Crippen MR) is 105 cm³/mol. The van der Waals surface area contributed by atoms with Crippen LogP contribution < -0.4 is 5.56 Å². The average Bonchev–Trinajstić information content (AvgIpc) is 3.04. The van der Waals surface area contributed by atoms with Crippen LogP contribution in [-0.4, -0.2) is 21.4 Å². The summed E-state index contributed by atoms with van der Waals surface area (Å²) in [6.45, 7) is 2.40. The molecule has 3 heterocycles. The zero-order chi connectivity index (χ0) is 17.4. The summed E-state index contributed by atoms with van der Waals surface area (Å²) in [6.07, 6.45) is 0.818. The van der Waals surface area contributed by atoms with E-state index < -0.39 is 0 Å². The molecule has 1 aliphatic heterocycles. The maximum atomic E-state index is 12.1. The largest absolute Gasteiger partial charge is 0.335 e. The first-order valence-electron chi connectivity index (χ1n) is 8.00. The number of fused-ring (bicyclic) bond motifs is 1. The zero-order valence-corrected chi connectivity index (χ0v) is 15.7. The van der Waals surface area contributed by atoms with Gasteiger partial charge >= 0.3 is 0 Å². The van der Waals surface area contributed by atoms with Crippen LogP contribution in [0.1, 0.15) is 16.1 Å². The molecular formula is C18H16ClN3OS2. The Morgan fingerprint density at radius 1 is 1.16 bits per heavy atom. The molecule has 0 spiro atoms. The number of hydrogen-bond donors (Lipinski definition) is 2. The molecule has 25 heavy (non-hydrogen) atoms. The number of hydrogen-bond acceptors (Lipinski definition) is 4. The van der Waals surface area contributed by atoms with E-state index >= 15 is 0 Å². The van der Waals surface area contributed by atoms with Gasteiger partial charge in [-0.15, -0.1) is 11.3 Å². The molecule has 0 amide bonds. The summed E-state index contributed by atoms with van der Waals surface area (Å²) in [7, 11) is 0. The lowest BCUT2D eigenvalue weighted by Gasteiger charge is -2.27. The van der Waals surface area contributed by atoms with Crippen LogP contribution in [0.4, 0.5) is 0 Å². The van der Waals surface area contributed by atoms with Crippen LogP contribution in [0.2, 0.25) is 5.02 Å². The van der Waals surface area contributed by atoms with Crippen molar-refractivity contribution in [2.24, 2.45) is 0 Å². The van der Waals surface area contributed by atoms with Crippen molar-refractivity contribution < 1.29 is 0 Å². The zero-order valence-electron chi connectivity index (χ0n) is 13.3. The quantitative estimate of drug-likeness (QED) is 0.654. The third-order valence-corrected chi connectivity index (χ3v) is 5.93. The Kier molecular flexibility index (Phi) is 4.60. The SMILES string of the molecule is O=c1[nH]c(=S)[nH]c2c1CN(Cc1ccc(-c3ccc(Cl)cc3)s1)CC2. The van der Waals surface area contributed by atoms with E-state index in [4.69, 9.17) is 23.8 Å². The highest BCUT2D eigenvalue weighted by atomic mass is 35.5. The van der Waals surface area contributed by atoms with Crippen LogP contribution in [0.5, 0.6) is 0 Å². The van der Waals surface area contributed by atoms with E-state index in [9.17, 15) is 4.79 Å². The Bertz CT molecular complexity index is 1020. The monoisotopic (exact) mass is 389 g/mol. The third kappa shape index (κ3) is 3.62. The van der Waals surface area contributed by atoms with E-state index in [1.807, 2.05) is 24.3 Å². The summed E-state index contributed by atoms with van der Waals surface area (Å²) < 4.78 is 0.406. The Morgan fingerprint density at radius 3 is 2.76 bits per heavy atom. The summed E-state index contributed by atoms with van der Waals surface area (Å²) in [6, 6.07) is 12.2. The average molecular weight is 390 g/mol. The van der Waals surface area contributed by atoms with E-state index in [0.717, 1.165) is 35.8 Å². The molecule has 2 N–H and O–H groups in total. The second kappa shape index (κ2) is 6.88. The van der Waals surface area contributed by atoms with Gasteiger partial charge in [-0.25, -0.2) is 0 Å². The molecule has 0 unspecified atom stereocenters. The molecule has 0 atom stereocenters. The molecule has 0 saturated carbocycles. The van der Waals surface area contributed by atoms with E-state index in [1.165, 1.54) is 15.3 Å². The molecular weight excluding hydrogens is 374 g/mol. The van der Waals surface area contributed by atoms with Crippen molar-refractivity contribution in [2.75, 3.05) is 6.54 Å². The van der Waals surface area contributed by atoms with Gasteiger partial charge in [-0.1, -0.05) is 23.7 Å². The predicted octanol–water partition coefficient (Wildman–Crippen LogP) is 4.37. The molecule has 3 aromatic rings. The molecule has 4 nitrogen and oxygen atoms in total. The topological polar surface area (TPSA) is 51.9 Å². The maximum Gasteiger partial charge on any atom is 0.256 e. The number of thiophene rings is 1. The maximum absolute atomic E-state index is 12.1. The second-order valence-electron chi connectivity index (χ2n) is 6.10. The summed E-state index contributed by atoms with van der Waals surface area (Å²) in [5, 5.41) is 0.747. The van der Waals surface area contributed by atoms with Crippen molar-refractivity contribution in [3.8, 4) is 10.4 Å². The molecule has 1 aliphatic rings. The third-order valence-electron chi connectivity index (χ3n) is 4.36. The highest BCUT2D eigenvalue weighted by molar-refractivity contribution is 7.71. The lowest BCUT2D eigenvalue weighted by atomic mass is 10.1. The number of benzene rings is 1. The highest BCUT2D eigenvalue weighted by Gasteiger charge is 2.20. The molecule has 0 fully saturated rings. The van der Waals surface area contributed by atoms with Crippen molar-refractivity contribution in [3.05, 3.63) is 72.7 Å². The van der Waals surface area contributed by atoms with Crippen LogP contribution in [0.25, 0.3) is 10.4 Å². The minimum Gasteiger partial charge on any atom is -0.335 e. The van der Waals surface area contributed by atoms with Gasteiger partial charge in [0.1, 0.15) is 0 Å². The van der Waals surface area contributed by atoms with Gasteiger partial charge in [0.15, 0.2) is 4.77 Å². The van der Waals surface area contributed by atoms with Gasteiger partial charge in [-0.05, 0) is 42.0 Å². The number of H-pyrrole nitrogens is 2. The number of aromatic amines is 2. The molecule has 4 rings (SSSR count). The minimum atomic E-state index is -0.0727. The Morgan fingerprint density at radius 2 is 1.96 bits per heavy atom.